The Hall–Kier alpha value is -1.46. The van der Waals surface area contributed by atoms with Crippen molar-refractivity contribution in [3.63, 3.8) is 0 Å². The molecule has 2 heterocycles. The van der Waals surface area contributed by atoms with Gasteiger partial charge in [-0.25, -0.2) is 4.98 Å². The molecule has 118 valence electrons. The first-order valence-electron chi connectivity index (χ1n) is 7.97. The maximum absolute atomic E-state index is 12.1. The van der Waals surface area contributed by atoms with E-state index in [0.717, 1.165) is 37.4 Å². The molecule has 0 saturated carbocycles. The van der Waals surface area contributed by atoms with E-state index in [4.69, 9.17) is 0 Å². The summed E-state index contributed by atoms with van der Waals surface area (Å²) in [5, 5.41) is 6.75. The third-order valence-electron chi connectivity index (χ3n) is 4.16. The van der Waals surface area contributed by atoms with E-state index in [1.54, 1.807) is 17.4 Å². The first kappa shape index (κ1) is 15.4. The maximum atomic E-state index is 12.1. The van der Waals surface area contributed by atoms with Gasteiger partial charge in [-0.15, -0.1) is 11.3 Å². The summed E-state index contributed by atoms with van der Waals surface area (Å²) in [5.74, 6) is 0.491. The van der Waals surface area contributed by atoms with Crippen molar-refractivity contribution in [1.82, 2.24) is 14.9 Å². The predicted octanol–water partition coefficient (Wildman–Crippen LogP) is 2.61. The Bertz CT molecular complexity index is 676. The summed E-state index contributed by atoms with van der Waals surface area (Å²) >= 11 is 1.69. The van der Waals surface area contributed by atoms with Crippen LogP contribution in [0.25, 0.3) is 0 Å². The van der Waals surface area contributed by atoms with Gasteiger partial charge in [-0.3, -0.25) is 4.79 Å². The van der Waals surface area contributed by atoms with E-state index in [0.29, 0.717) is 12.0 Å². The zero-order chi connectivity index (χ0) is 15.5. The summed E-state index contributed by atoms with van der Waals surface area (Å²) in [6, 6.07) is 4.22. The molecule has 2 aromatic rings. The minimum atomic E-state index is 0.140. The normalized spacial score (nSPS) is 17.7. The Morgan fingerprint density at radius 3 is 3.05 bits per heavy atom. The molecule has 22 heavy (non-hydrogen) atoms. The third kappa shape index (κ3) is 3.47. The molecular formula is C17H23N3OS. The highest BCUT2D eigenvalue weighted by Crippen LogP contribution is 2.21. The number of fused-ring (bicyclic) bond motifs is 1. The van der Waals surface area contributed by atoms with Crippen molar-refractivity contribution in [2.24, 2.45) is 5.92 Å². The Balaban J connectivity index is 1.72. The summed E-state index contributed by atoms with van der Waals surface area (Å²) in [6.45, 7) is 5.97. The van der Waals surface area contributed by atoms with Crippen LogP contribution in [-0.2, 0) is 25.9 Å². The highest BCUT2D eigenvalue weighted by atomic mass is 32.1. The average Bonchev–Trinajstić information content (AvgIpc) is 3.01. The number of nitrogens with one attached hydrogen (secondary N) is 1. The zero-order valence-corrected chi connectivity index (χ0v) is 14.0. The topological polar surface area (TPSA) is 46.9 Å². The summed E-state index contributed by atoms with van der Waals surface area (Å²) in [7, 11) is 0. The van der Waals surface area contributed by atoms with Crippen molar-refractivity contribution >= 4 is 11.3 Å². The fourth-order valence-electron chi connectivity index (χ4n) is 3.14. The fourth-order valence-corrected chi connectivity index (χ4v) is 3.70. The van der Waals surface area contributed by atoms with Gasteiger partial charge in [0.05, 0.1) is 0 Å². The van der Waals surface area contributed by atoms with Crippen LogP contribution < -0.4 is 10.9 Å². The second-order valence-corrected chi connectivity index (χ2v) is 7.37. The maximum Gasteiger partial charge on any atom is 0.250 e. The van der Waals surface area contributed by atoms with E-state index >= 15 is 0 Å². The minimum Gasteiger partial charge on any atom is -0.312 e. The summed E-state index contributed by atoms with van der Waals surface area (Å²) in [4.78, 5) is 16.4. The molecule has 0 radical (unpaired) electrons. The van der Waals surface area contributed by atoms with Crippen LogP contribution in [0.3, 0.4) is 0 Å². The lowest BCUT2D eigenvalue weighted by Crippen LogP contribution is -2.37. The smallest absolute Gasteiger partial charge is 0.250 e. The van der Waals surface area contributed by atoms with Crippen LogP contribution in [0.15, 0.2) is 28.5 Å². The molecule has 3 rings (SSSR count). The third-order valence-corrected chi connectivity index (χ3v) is 4.94. The number of thiazole rings is 1. The van der Waals surface area contributed by atoms with E-state index in [2.05, 4.69) is 24.1 Å². The lowest BCUT2D eigenvalue weighted by Gasteiger charge is -2.28. The van der Waals surface area contributed by atoms with Crippen LogP contribution in [0.5, 0.6) is 0 Å². The van der Waals surface area contributed by atoms with Crippen molar-refractivity contribution in [1.29, 1.82) is 0 Å². The second kappa shape index (κ2) is 6.75. The first-order valence-corrected chi connectivity index (χ1v) is 8.85. The molecule has 0 bridgehead atoms. The van der Waals surface area contributed by atoms with Crippen molar-refractivity contribution in [2.75, 3.05) is 0 Å². The molecule has 1 atom stereocenters. The molecule has 1 aliphatic carbocycles. The molecule has 0 amide bonds. The van der Waals surface area contributed by atoms with Crippen LogP contribution in [0.2, 0.25) is 0 Å². The summed E-state index contributed by atoms with van der Waals surface area (Å²) < 4.78 is 1.98. The van der Waals surface area contributed by atoms with Crippen LogP contribution in [-0.4, -0.2) is 15.6 Å². The van der Waals surface area contributed by atoms with Gasteiger partial charge >= 0.3 is 0 Å². The van der Waals surface area contributed by atoms with Crippen molar-refractivity contribution in [3.05, 3.63) is 50.3 Å². The molecule has 4 nitrogen and oxygen atoms in total. The fraction of sp³-hybridized carbons (Fsp3) is 0.529. The van der Waals surface area contributed by atoms with Crippen LogP contribution in [0.1, 0.15) is 36.5 Å². The Labute approximate surface area is 135 Å². The van der Waals surface area contributed by atoms with E-state index in [1.807, 2.05) is 22.2 Å². The quantitative estimate of drug-likeness (QED) is 0.922. The minimum absolute atomic E-state index is 0.140. The molecule has 1 aliphatic rings. The van der Waals surface area contributed by atoms with Crippen LogP contribution in [0, 0.1) is 5.92 Å². The van der Waals surface area contributed by atoms with Gasteiger partial charge in [0.1, 0.15) is 5.01 Å². The second-order valence-electron chi connectivity index (χ2n) is 6.39. The molecule has 0 spiro atoms. The lowest BCUT2D eigenvalue weighted by molar-refractivity contribution is 0.425. The highest BCUT2D eigenvalue weighted by molar-refractivity contribution is 7.09. The van der Waals surface area contributed by atoms with Crippen molar-refractivity contribution in [3.8, 4) is 0 Å². The van der Waals surface area contributed by atoms with E-state index in [-0.39, 0.29) is 5.56 Å². The molecule has 0 saturated heterocycles. The van der Waals surface area contributed by atoms with Gasteiger partial charge in [0, 0.05) is 42.5 Å². The summed E-state index contributed by atoms with van der Waals surface area (Å²) in [6.07, 6.45) is 4.91. The Kier molecular flexibility index (Phi) is 4.74. The molecule has 0 aromatic carbocycles. The molecule has 0 aliphatic heterocycles. The largest absolute Gasteiger partial charge is 0.312 e. The number of aromatic nitrogens is 2. The summed E-state index contributed by atoms with van der Waals surface area (Å²) in [5.41, 5.74) is 2.71. The van der Waals surface area contributed by atoms with Gasteiger partial charge < -0.3 is 9.88 Å². The zero-order valence-electron chi connectivity index (χ0n) is 13.2. The molecule has 0 fully saturated rings. The lowest BCUT2D eigenvalue weighted by atomic mass is 9.91. The van der Waals surface area contributed by atoms with Crippen molar-refractivity contribution in [2.45, 2.75) is 52.2 Å². The molecule has 1 unspecified atom stereocenters. The van der Waals surface area contributed by atoms with E-state index < -0.39 is 0 Å². The molecular weight excluding hydrogens is 294 g/mol. The predicted molar refractivity (Wildman–Crippen MR) is 90.3 cm³/mol. The number of hydrogen-bond donors (Lipinski definition) is 1. The number of nitrogens with zero attached hydrogens (tertiary/aromatic N) is 2. The highest BCUT2D eigenvalue weighted by Gasteiger charge is 2.21. The van der Waals surface area contributed by atoms with E-state index in [1.165, 1.54) is 11.3 Å². The van der Waals surface area contributed by atoms with Gasteiger partial charge in [0.15, 0.2) is 0 Å². The standard InChI is InChI=1S/C17H23N3OS/c1-12(2)11-20-15-5-4-14(9-13(15)3-6-17(20)21)19-10-16-18-7-8-22-16/h3,6-8,12,14,19H,4-5,9-11H2,1-2H3. The number of hydrogen-bond acceptors (Lipinski definition) is 4. The number of rotatable bonds is 5. The SMILES string of the molecule is CC(C)Cn1c2c(ccc1=O)CC(NCc1nccs1)CC2. The van der Waals surface area contributed by atoms with Crippen LogP contribution >= 0.6 is 11.3 Å². The van der Waals surface area contributed by atoms with Gasteiger partial charge in [0.2, 0.25) is 0 Å². The number of pyridine rings is 1. The molecule has 1 N–H and O–H groups in total. The molecule has 5 heteroatoms. The Morgan fingerprint density at radius 1 is 1.45 bits per heavy atom. The average molecular weight is 317 g/mol. The van der Waals surface area contributed by atoms with Crippen molar-refractivity contribution < 1.29 is 0 Å². The van der Waals surface area contributed by atoms with Gasteiger partial charge in [-0.2, -0.15) is 0 Å². The Morgan fingerprint density at radius 2 is 2.32 bits per heavy atom. The van der Waals surface area contributed by atoms with Gasteiger partial charge in [-0.1, -0.05) is 19.9 Å². The first-order chi connectivity index (χ1) is 10.6. The monoisotopic (exact) mass is 317 g/mol. The van der Waals surface area contributed by atoms with Gasteiger partial charge in [0.25, 0.3) is 5.56 Å². The van der Waals surface area contributed by atoms with Gasteiger partial charge in [-0.05, 0) is 30.7 Å². The van der Waals surface area contributed by atoms with Crippen LogP contribution in [0.4, 0.5) is 0 Å². The van der Waals surface area contributed by atoms with E-state index in [9.17, 15) is 4.79 Å². The molecule has 2 aromatic heterocycles.